The first kappa shape index (κ1) is 24.0. The number of ether oxygens (including phenoxy) is 1. The lowest BCUT2D eigenvalue weighted by atomic mass is 9.98. The molecule has 0 saturated heterocycles. The van der Waals surface area contributed by atoms with E-state index in [0.717, 1.165) is 22.3 Å². The maximum atomic E-state index is 13.2. The molecule has 180 valence electrons. The lowest BCUT2D eigenvalue weighted by Gasteiger charge is -2.28. The minimum Gasteiger partial charge on any atom is -0.478 e. The molecule has 1 aliphatic rings. The average Bonchev–Trinajstić information content (AvgIpc) is 3.18. The molecule has 1 unspecified atom stereocenters. The van der Waals surface area contributed by atoms with Crippen LogP contribution in [0.5, 0.6) is 0 Å². The summed E-state index contributed by atoms with van der Waals surface area (Å²) < 4.78 is 5.60. The lowest BCUT2D eigenvalue weighted by molar-refractivity contribution is -0.121. The number of carbonyl (C=O) groups is 3. The van der Waals surface area contributed by atoms with E-state index < -0.39 is 24.0 Å². The Morgan fingerprint density at radius 2 is 1.46 bits per heavy atom. The highest BCUT2D eigenvalue weighted by Crippen LogP contribution is 2.44. The SMILES string of the molecule is CC(C)C(NC(=O)OCC1c2ccccc2-c2ccccc21)C(=O)N(C)c1ccccc1C(=O)O. The number of anilines is 1. The summed E-state index contributed by atoms with van der Waals surface area (Å²) in [4.78, 5) is 38.9. The van der Waals surface area contributed by atoms with Crippen LogP contribution in [0.2, 0.25) is 0 Å². The Morgan fingerprint density at radius 3 is 2.03 bits per heavy atom. The molecule has 1 atom stereocenters. The minimum absolute atomic E-state index is 0.00648. The molecule has 2 N–H and O–H groups in total. The summed E-state index contributed by atoms with van der Waals surface area (Å²) in [6, 6.07) is 21.5. The Labute approximate surface area is 204 Å². The van der Waals surface area contributed by atoms with E-state index >= 15 is 0 Å². The predicted molar refractivity (Wildman–Crippen MR) is 134 cm³/mol. The fourth-order valence-electron chi connectivity index (χ4n) is 4.55. The van der Waals surface area contributed by atoms with Gasteiger partial charge in [0.05, 0.1) is 11.3 Å². The zero-order chi connectivity index (χ0) is 25.1. The maximum absolute atomic E-state index is 13.2. The van der Waals surface area contributed by atoms with Gasteiger partial charge in [0.1, 0.15) is 12.6 Å². The van der Waals surface area contributed by atoms with Gasteiger partial charge < -0.3 is 20.1 Å². The van der Waals surface area contributed by atoms with E-state index in [0.29, 0.717) is 0 Å². The van der Waals surface area contributed by atoms with Crippen molar-refractivity contribution in [1.82, 2.24) is 5.32 Å². The number of hydrogen-bond acceptors (Lipinski definition) is 4. The summed E-state index contributed by atoms with van der Waals surface area (Å²) in [5.74, 6) is -1.90. The Morgan fingerprint density at radius 1 is 0.914 bits per heavy atom. The molecular formula is C28H28N2O5. The molecule has 0 fully saturated rings. The summed E-state index contributed by atoms with van der Waals surface area (Å²) in [6.07, 6.45) is -0.696. The summed E-state index contributed by atoms with van der Waals surface area (Å²) in [6.45, 7) is 3.75. The summed E-state index contributed by atoms with van der Waals surface area (Å²) >= 11 is 0. The van der Waals surface area contributed by atoms with E-state index in [2.05, 4.69) is 17.4 Å². The molecule has 7 nitrogen and oxygen atoms in total. The van der Waals surface area contributed by atoms with Gasteiger partial charge in [0.25, 0.3) is 0 Å². The van der Waals surface area contributed by atoms with E-state index in [9.17, 15) is 19.5 Å². The third-order valence-corrected chi connectivity index (χ3v) is 6.38. The van der Waals surface area contributed by atoms with Crippen molar-refractivity contribution in [2.45, 2.75) is 25.8 Å². The number of carbonyl (C=O) groups excluding carboxylic acids is 2. The van der Waals surface area contributed by atoms with Gasteiger partial charge in [-0.2, -0.15) is 0 Å². The second-order valence-electron chi connectivity index (χ2n) is 8.91. The third kappa shape index (κ3) is 4.75. The molecule has 0 aliphatic heterocycles. The number of fused-ring (bicyclic) bond motifs is 3. The molecule has 0 heterocycles. The van der Waals surface area contributed by atoms with Crippen LogP contribution in [0.1, 0.15) is 41.3 Å². The van der Waals surface area contributed by atoms with Crippen LogP contribution in [0.15, 0.2) is 72.8 Å². The number of aromatic carboxylic acids is 1. The quantitative estimate of drug-likeness (QED) is 0.509. The smallest absolute Gasteiger partial charge is 0.407 e. The molecule has 0 aromatic heterocycles. The van der Waals surface area contributed by atoms with Crippen LogP contribution in [0.4, 0.5) is 10.5 Å². The van der Waals surface area contributed by atoms with Gasteiger partial charge >= 0.3 is 12.1 Å². The van der Waals surface area contributed by atoms with Gasteiger partial charge in [0.15, 0.2) is 0 Å². The molecule has 2 amide bonds. The fourth-order valence-corrected chi connectivity index (χ4v) is 4.55. The van der Waals surface area contributed by atoms with Crippen molar-refractivity contribution in [1.29, 1.82) is 0 Å². The van der Waals surface area contributed by atoms with Gasteiger partial charge in [0, 0.05) is 13.0 Å². The highest BCUT2D eigenvalue weighted by molar-refractivity contribution is 6.04. The van der Waals surface area contributed by atoms with E-state index in [4.69, 9.17) is 4.74 Å². The van der Waals surface area contributed by atoms with Crippen LogP contribution < -0.4 is 10.2 Å². The lowest BCUT2D eigenvalue weighted by Crippen LogP contribution is -2.50. The molecule has 0 spiro atoms. The Balaban J connectivity index is 1.47. The number of carboxylic acid groups (broad SMARTS) is 1. The number of para-hydroxylation sites is 1. The second-order valence-corrected chi connectivity index (χ2v) is 8.91. The van der Waals surface area contributed by atoms with Crippen molar-refractivity contribution >= 4 is 23.7 Å². The topological polar surface area (TPSA) is 95.9 Å². The van der Waals surface area contributed by atoms with Crippen LogP contribution in [-0.2, 0) is 9.53 Å². The summed E-state index contributed by atoms with van der Waals surface area (Å²) in [5.41, 5.74) is 4.72. The van der Waals surface area contributed by atoms with Crippen molar-refractivity contribution in [2.24, 2.45) is 5.92 Å². The van der Waals surface area contributed by atoms with Crippen molar-refractivity contribution in [3.8, 4) is 11.1 Å². The van der Waals surface area contributed by atoms with E-state index in [1.54, 1.807) is 18.2 Å². The highest BCUT2D eigenvalue weighted by Gasteiger charge is 2.32. The Hall–Kier alpha value is -4.13. The molecule has 0 radical (unpaired) electrons. The summed E-state index contributed by atoms with van der Waals surface area (Å²) in [5, 5.41) is 12.2. The van der Waals surface area contributed by atoms with Gasteiger partial charge in [-0.15, -0.1) is 0 Å². The fraction of sp³-hybridized carbons (Fsp3) is 0.250. The number of likely N-dealkylation sites (N-methyl/N-ethyl adjacent to an activating group) is 1. The Kier molecular flexibility index (Phi) is 6.87. The number of rotatable bonds is 7. The van der Waals surface area contributed by atoms with Crippen molar-refractivity contribution in [3.05, 3.63) is 89.5 Å². The number of carboxylic acids is 1. The first-order chi connectivity index (χ1) is 16.8. The molecule has 3 aromatic carbocycles. The molecular weight excluding hydrogens is 444 g/mol. The zero-order valence-corrected chi connectivity index (χ0v) is 19.9. The van der Waals surface area contributed by atoms with Crippen LogP contribution in [0.3, 0.4) is 0 Å². The number of benzene rings is 3. The van der Waals surface area contributed by atoms with Gasteiger partial charge in [-0.25, -0.2) is 9.59 Å². The molecule has 1 aliphatic carbocycles. The third-order valence-electron chi connectivity index (χ3n) is 6.38. The van der Waals surface area contributed by atoms with Gasteiger partial charge in [-0.1, -0.05) is 74.5 Å². The number of hydrogen-bond donors (Lipinski definition) is 2. The monoisotopic (exact) mass is 472 g/mol. The summed E-state index contributed by atoms with van der Waals surface area (Å²) in [7, 11) is 1.50. The van der Waals surface area contributed by atoms with Gasteiger partial charge in [0.2, 0.25) is 5.91 Å². The predicted octanol–water partition coefficient (Wildman–Crippen LogP) is 4.91. The minimum atomic E-state index is -1.13. The standard InChI is InChI=1S/C28H28N2O5/c1-17(2)25(26(31)30(3)24-15-9-8-14-22(24)27(32)33)29-28(34)35-16-23-20-12-6-4-10-18(20)19-11-5-7-13-21(19)23/h4-15,17,23,25H,16H2,1-3H3,(H,29,34)(H,32,33). The zero-order valence-electron chi connectivity index (χ0n) is 19.9. The van der Waals surface area contributed by atoms with Crippen LogP contribution in [0, 0.1) is 5.92 Å². The van der Waals surface area contributed by atoms with E-state index in [1.165, 1.54) is 18.0 Å². The van der Waals surface area contributed by atoms with Gasteiger partial charge in [-0.05, 0) is 40.3 Å². The highest BCUT2D eigenvalue weighted by atomic mass is 16.5. The second kappa shape index (κ2) is 10.0. The van der Waals surface area contributed by atoms with Gasteiger partial charge in [-0.3, -0.25) is 4.79 Å². The first-order valence-electron chi connectivity index (χ1n) is 11.5. The number of amides is 2. The normalized spacial score (nSPS) is 13.0. The molecule has 35 heavy (non-hydrogen) atoms. The van der Waals surface area contributed by atoms with Crippen LogP contribution in [-0.4, -0.2) is 42.8 Å². The Bertz CT molecular complexity index is 1220. The average molecular weight is 473 g/mol. The molecule has 0 saturated carbocycles. The largest absolute Gasteiger partial charge is 0.478 e. The van der Waals surface area contributed by atoms with Crippen molar-refractivity contribution in [2.75, 3.05) is 18.6 Å². The number of nitrogens with one attached hydrogen (secondary N) is 1. The van der Waals surface area contributed by atoms with Crippen molar-refractivity contribution < 1.29 is 24.2 Å². The van der Waals surface area contributed by atoms with Crippen LogP contribution in [0.25, 0.3) is 11.1 Å². The molecule has 7 heteroatoms. The molecule has 3 aromatic rings. The number of nitrogens with zero attached hydrogens (tertiary/aromatic N) is 1. The van der Waals surface area contributed by atoms with E-state index in [-0.39, 0.29) is 29.7 Å². The van der Waals surface area contributed by atoms with Crippen LogP contribution >= 0.6 is 0 Å². The van der Waals surface area contributed by atoms with Crippen molar-refractivity contribution in [3.63, 3.8) is 0 Å². The molecule has 0 bridgehead atoms. The van der Waals surface area contributed by atoms with E-state index in [1.807, 2.05) is 50.2 Å². The number of alkyl carbamates (subject to hydrolysis) is 1. The first-order valence-corrected chi connectivity index (χ1v) is 11.5. The molecule has 4 rings (SSSR count). The maximum Gasteiger partial charge on any atom is 0.407 e.